The minimum absolute atomic E-state index is 0.464. The normalized spacial score (nSPS) is 34.3. The zero-order valence-corrected chi connectivity index (χ0v) is 15.3. The SMILES string of the molecule is CCCNC1CCC(C)(C)CC1N1CCC(C(C)(C)C)C1. The highest BCUT2D eigenvalue weighted by molar-refractivity contribution is 4.97. The Balaban J connectivity index is 2.02. The monoisotopic (exact) mass is 294 g/mol. The molecule has 0 aromatic carbocycles. The third kappa shape index (κ3) is 4.45. The van der Waals surface area contributed by atoms with Gasteiger partial charge in [-0.3, -0.25) is 4.90 Å². The molecule has 1 heterocycles. The Bertz CT molecular complexity index is 329. The van der Waals surface area contributed by atoms with Crippen LogP contribution in [0, 0.1) is 16.7 Å². The van der Waals surface area contributed by atoms with Crippen molar-refractivity contribution >= 4 is 0 Å². The van der Waals surface area contributed by atoms with Crippen LogP contribution in [0.15, 0.2) is 0 Å². The third-order valence-corrected chi connectivity index (χ3v) is 5.93. The van der Waals surface area contributed by atoms with Crippen molar-refractivity contribution in [2.24, 2.45) is 16.7 Å². The Morgan fingerprint density at radius 2 is 1.90 bits per heavy atom. The average molecular weight is 295 g/mol. The quantitative estimate of drug-likeness (QED) is 0.831. The maximum Gasteiger partial charge on any atom is 0.0254 e. The van der Waals surface area contributed by atoms with Crippen molar-refractivity contribution in [2.45, 2.75) is 85.7 Å². The molecule has 0 aromatic heterocycles. The first kappa shape index (κ1) is 17.3. The molecule has 1 saturated carbocycles. The van der Waals surface area contributed by atoms with Crippen LogP contribution in [-0.2, 0) is 0 Å². The molecule has 1 saturated heterocycles. The maximum absolute atomic E-state index is 3.85. The lowest BCUT2D eigenvalue weighted by Gasteiger charge is -2.45. The highest BCUT2D eigenvalue weighted by atomic mass is 15.2. The fraction of sp³-hybridized carbons (Fsp3) is 1.00. The van der Waals surface area contributed by atoms with Gasteiger partial charge in [-0.1, -0.05) is 41.5 Å². The van der Waals surface area contributed by atoms with Gasteiger partial charge in [0, 0.05) is 18.6 Å². The molecular formula is C19H38N2. The van der Waals surface area contributed by atoms with Crippen LogP contribution in [-0.4, -0.2) is 36.6 Å². The first-order valence-electron chi connectivity index (χ1n) is 9.20. The van der Waals surface area contributed by atoms with E-state index in [9.17, 15) is 0 Å². The van der Waals surface area contributed by atoms with E-state index >= 15 is 0 Å². The summed E-state index contributed by atoms with van der Waals surface area (Å²) in [5.74, 6) is 0.870. The number of hydrogen-bond donors (Lipinski definition) is 1. The van der Waals surface area contributed by atoms with Crippen LogP contribution in [0.4, 0.5) is 0 Å². The van der Waals surface area contributed by atoms with Gasteiger partial charge in [0.15, 0.2) is 0 Å². The Kier molecular flexibility index (Phi) is 5.41. The predicted molar refractivity (Wildman–Crippen MR) is 92.6 cm³/mol. The van der Waals surface area contributed by atoms with Crippen molar-refractivity contribution < 1.29 is 0 Å². The van der Waals surface area contributed by atoms with Crippen LogP contribution in [0.1, 0.15) is 73.6 Å². The molecule has 0 radical (unpaired) electrons. The van der Waals surface area contributed by atoms with E-state index in [0.29, 0.717) is 10.8 Å². The van der Waals surface area contributed by atoms with Gasteiger partial charge in [0.1, 0.15) is 0 Å². The van der Waals surface area contributed by atoms with Crippen LogP contribution in [0.25, 0.3) is 0 Å². The van der Waals surface area contributed by atoms with E-state index < -0.39 is 0 Å². The van der Waals surface area contributed by atoms with Crippen molar-refractivity contribution in [1.29, 1.82) is 0 Å². The molecule has 2 aliphatic rings. The van der Waals surface area contributed by atoms with Gasteiger partial charge >= 0.3 is 0 Å². The smallest absolute Gasteiger partial charge is 0.0254 e. The lowest BCUT2D eigenvalue weighted by Crippen LogP contribution is -2.54. The Morgan fingerprint density at radius 3 is 2.48 bits per heavy atom. The molecule has 2 nitrogen and oxygen atoms in total. The summed E-state index contributed by atoms with van der Waals surface area (Å²) >= 11 is 0. The van der Waals surface area contributed by atoms with Crippen LogP contribution >= 0.6 is 0 Å². The largest absolute Gasteiger partial charge is 0.312 e. The van der Waals surface area contributed by atoms with Crippen molar-refractivity contribution in [3.05, 3.63) is 0 Å². The molecule has 1 aliphatic carbocycles. The van der Waals surface area contributed by atoms with Gasteiger partial charge in [0.05, 0.1) is 0 Å². The summed E-state index contributed by atoms with van der Waals surface area (Å²) in [6.07, 6.45) is 6.74. The molecule has 3 atom stereocenters. The molecule has 2 rings (SSSR count). The van der Waals surface area contributed by atoms with E-state index in [2.05, 4.69) is 51.8 Å². The fourth-order valence-electron chi connectivity index (χ4n) is 4.30. The standard InChI is InChI=1S/C19H38N2/c1-7-11-20-16-8-10-19(5,6)13-17(16)21-12-9-15(14-21)18(2,3)4/h15-17,20H,7-14H2,1-6H3. The van der Waals surface area contributed by atoms with Crippen LogP contribution < -0.4 is 5.32 Å². The second-order valence-corrected chi connectivity index (χ2v) is 9.38. The maximum atomic E-state index is 3.85. The van der Waals surface area contributed by atoms with E-state index in [1.807, 2.05) is 0 Å². The predicted octanol–water partition coefficient (Wildman–Crippen LogP) is 4.30. The summed E-state index contributed by atoms with van der Waals surface area (Å²) in [6.45, 7) is 18.3. The second kappa shape index (κ2) is 6.58. The van der Waals surface area contributed by atoms with Gasteiger partial charge in [-0.05, 0) is 61.9 Å². The molecule has 2 heteroatoms. The number of rotatable bonds is 4. The first-order chi connectivity index (χ1) is 9.73. The summed E-state index contributed by atoms with van der Waals surface area (Å²) in [6, 6.07) is 1.48. The molecule has 2 fully saturated rings. The molecule has 3 unspecified atom stereocenters. The Labute approximate surface area is 133 Å². The molecule has 21 heavy (non-hydrogen) atoms. The summed E-state index contributed by atoms with van der Waals surface area (Å²) in [4.78, 5) is 2.82. The molecule has 1 aliphatic heterocycles. The summed E-state index contributed by atoms with van der Waals surface area (Å²) in [7, 11) is 0. The summed E-state index contributed by atoms with van der Waals surface area (Å²) in [5, 5.41) is 3.85. The number of nitrogens with one attached hydrogen (secondary N) is 1. The van der Waals surface area contributed by atoms with Gasteiger partial charge in [0.25, 0.3) is 0 Å². The Hall–Kier alpha value is -0.0800. The van der Waals surface area contributed by atoms with Gasteiger partial charge in [-0.2, -0.15) is 0 Å². The summed E-state index contributed by atoms with van der Waals surface area (Å²) < 4.78 is 0. The van der Waals surface area contributed by atoms with Crippen molar-refractivity contribution in [3.8, 4) is 0 Å². The zero-order chi connectivity index (χ0) is 15.7. The molecule has 0 amide bonds. The van der Waals surface area contributed by atoms with E-state index in [-0.39, 0.29) is 0 Å². The van der Waals surface area contributed by atoms with Gasteiger partial charge in [0.2, 0.25) is 0 Å². The molecule has 0 spiro atoms. The van der Waals surface area contributed by atoms with Crippen molar-refractivity contribution in [1.82, 2.24) is 10.2 Å². The van der Waals surface area contributed by atoms with Gasteiger partial charge in [-0.15, -0.1) is 0 Å². The van der Waals surface area contributed by atoms with Crippen LogP contribution in [0.5, 0.6) is 0 Å². The molecule has 124 valence electrons. The highest BCUT2D eigenvalue weighted by Gasteiger charge is 2.41. The highest BCUT2D eigenvalue weighted by Crippen LogP contribution is 2.41. The second-order valence-electron chi connectivity index (χ2n) is 9.38. The number of hydrogen-bond acceptors (Lipinski definition) is 2. The third-order valence-electron chi connectivity index (χ3n) is 5.93. The van der Waals surface area contributed by atoms with Crippen molar-refractivity contribution in [3.63, 3.8) is 0 Å². The van der Waals surface area contributed by atoms with Gasteiger partial charge in [-0.25, -0.2) is 0 Å². The minimum atomic E-state index is 0.464. The summed E-state index contributed by atoms with van der Waals surface area (Å²) in [5.41, 5.74) is 0.986. The fourth-order valence-corrected chi connectivity index (χ4v) is 4.30. The average Bonchev–Trinajstić information content (AvgIpc) is 2.86. The molecule has 0 bridgehead atoms. The van der Waals surface area contributed by atoms with E-state index in [4.69, 9.17) is 0 Å². The molecule has 1 N–H and O–H groups in total. The van der Waals surface area contributed by atoms with E-state index in [1.165, 1.54) is 51.7 Å². The van der Waals surface area contributed by atoms with Gasteiger partial charge < -0.3 is 5.32 Å². The molecule has 0 aromatic rings. The Morgan fingerprint density at radius 1 is 1.19 bits per heavy atom. The number of likely N-dealkylation sites (tertiary alicyclic amines) is 1. The molecular weight excluding hydrogens is 256 g/mol. The lowest BCUT2D eigenvalue weighted by atomic mass is 9.72. The number of nitrogens with zero attached hydrogens (tertiary/aromatic N) is 1. The van der Waals surface area contributed by atoms with Crippen LogP contribution in [0.2, 0.25) is 0 Å². The zero-order valence-electron chi connectivity index (χ0n) is 15.3. The van der Waals surface area contributed by atoms with Crippen molar-refractivity contribution in [2.75, 3.05) is 19.6 Å². The van der Waals surface area contributed by atoms with E-state index in [1.54, 1.807) is 0 Å². The minimum Gasteiger partial charge on any atom is -0.312 e. The van der Waals surface area contributed by atoms with Crippen LogP contribution in [0.3, 0.4) is 0 Å². The lowest BCUT2D eigenvalue weighted by molar-refractivity contribution is 0.0734. The topological polar surface area (TPSA) is 15.3 Å². The first-order valence-corrected chi connectivity index (χ1v) is 9.20. The van der Waals surface area contributed by atoms with E-state index in [0.717, 1.165) is 18.0 Å².